The number of methoxy groups -OCH3 is 1. The lowest BCUT2D eigenvalue weighted by Gasteiger charge is -2.17. The average molecular weight is 453 g/mol. The van der Waals surface area contributed by atoms with Gasteiger partial charge in [0.1, 0.15) is 17.3 Å². The molecule has 33 heavy (non-hydrogen) atoms. The predicted octanol–water partition coefficient (Wildman–Crippen LogP) is 4.10. The van der Waals surface area contributed by atoms with Crippen molar-refractivity contribution in [3.8, 4) is 0 Å². The molecule has 4 aromatic rings. The van der Waals surface area contributed by atoms with Crippen molar-refractivity contribution in [2.24, 2.45) is 0 Å². The molecule has 7 nitrogen and oxygen atoms in total. The Morgan fingerprint density at radius 2 is 1.97 bits per heavy atom. The third kappa shape index (κ3) is 5.25. The number of ether oxygens (including phenoxy) is 1. The van der Waals surface area contributed by atoms with Gasteiger partial charge in [0.05, 0.1) is 24.6 Å². The minimum Gasteiger partial charge on any atom is -0.465 e. The summed E-state index contributed by atoms with van der Waals surface area (Å²) in [4.78, 5) is 26.3. The number of aromatic nitrogens is 3. The van der Waals surface area contributed by atoms with Crippen LogP contribution in [0.4, 0.5) is 14.6 Å². The van der Waals surface area contributed by atoms with Crippen molar-refractivity contribution in [1.29, 1.82) is 0 Å². The van der Waals surface area contributed by atoms with Crippen molar-refractivity contribution in [3.63, 3.8) is 0 Å². The zero-order chi connectivity index (χ0) is 23.4. The molecule has 2 aromatic heterocycles. The highest BCUT2D eigenvalue weighted by molar-refractivity contribution is 6.12. The zero-order valence-corrected chi connectivity index (χ0v) is 18.4. The van der Waals surface area contributed by atoms with Gasteiger partial charge in [0.15, 0.2) is 0 Å². The number of hydrogen-bond donors (Lipinski definition) is 2. The van der Waals surface area contributed by atoms with Crippen molar-refractivity contribution in [2.75, 3.05) is 39.1 Å². The maximum atomic E-state index is 12.6. The van der Waals surface area contributed by atoms with Crippen LogP contribution in [0.1, 0.15) is 21.7 Å². The van der Waals surface area contributed by atoms with Crippen molar-refractivity contribution in [2.45, 2.75) is 12.8 Å². The summed E-state index contributed by atoms with van der Waals surface area (Å²) in [5.74, 6) is 0.817. The van der Waals surface area contributed by atoms with Crippen molar-refractivity contribution in [3.05, 3.63) is 65.5 Å². The summed E-state index contributed by atoms with van der Waals surface area (Å²) < 4.78 is 30.1. The molecule has 172 valence electrons. The number of benzene rings is 2. The minimum atomic E-state index is -2.38. The fourth-order valence-electron chi connectivity index (χ4n) is 3.77. The van der Waals surface area contributed by atoms with Crippen LogP contribution in [-0.2, 0) is 11.2 Å². The van der Waals surface area contributed by atoms with Gasteiger partial charge in [0.2, 0.25) is 0 Å². The zero-order valence-electron chi connectivity index (χ0n) is 18.4. The number of rotatable bonds is 9. The Morgan fingerprint density at radius 1 is 1.18 bits per heavy atom. The van der Waals surface area contributed by atoms with E-state index in [2.05, 4.69) is 10.3 Å². The molecule has 0 radical (unpaired) electrons. The Morgan fingerprint density at radius 3 is 2.70 bits per heavy atom. The molecule has 2 aromatic carbocycles. The number of fused-ring (bicyclic) bond motifs is 3. The maximum absolute atomic E-state index is 12.6. The first-order valence-electron chi connectivity index (χ1n) is 10.6. The van der Waals surface area contributed by atoms with Crippen LogP contribution < -0.4 is 5.32 Å². The minimum absolute atomic E-state index is 0.288. The number of likely N-dealkylation sites (N-methyl/N-ethyl adjacent to an activating group) is 1. The van der Waals surface area contributed by atoms with Gasteiger partial charge < -0.3 is 15.0 Å². The predicted molar refractivity (Wildman–Crippen MR) is 124 cm³/mol. The van der Waals surface area contributed by atoms with Crippen LogP contribution in [0.3, 0.4) is 0 Å². The summed E-state index contributed by atoms with van der Waals surface area (Å²) in [6.07, 6.45) is -1.84. The van der Waals surface area contributed by atoms with Crippen molar-refractivity contribution >= 4 is 33.7 Å². The normalized spacial score (nSPS) is 11.6. The molecule has 0 bridgehead atoms. The molecule has 2 heterocycles. The molecule has 4 rings (SSSR count). The highest BCUT2D eigenvalue weighted by Gasteiger charge is 2.16. The van der Waals surface area contributed by atoms with E-state index in [1.165, 1.54) is 7.11 Å². The lowest BCUT2D eigenvalue weighted by molar-refractivity contribution is 0.0601. The average Bonchev–Trinajstić information content (AvgIpc) is 3.16. The quantitative estimate of drug-likeness (QED) is 0.372. The number of carbonyl (C=O) groups excluding carboxylic acids is 1. The number of hydrogen-bond acceptors (Lipinski definition) is 6. The van der Waals surface area contributed by atoms with E-state index in [4.69, 9.17) is 14.7 Å². The fourth-order valence-corrected chi connectivity index (χ4v) is 3.77. The van der Waals surface area contributed by atoms with Crippen LogP contribution in [0, 0.1) is 0 Å². The summed E-state index contributed by atoms with van der Waals surface area (Å²) >= 11 is 0. The molecule has 0 saturated carbocycles. The molecule has 2 N–H and O–H groups in total. The van der Waals surface area contributed by atoms with Gasteiger partial charge >= 0.3 is 5.97 Å². The van der Waals surface area contributed by atoms with E-state index in [9.17, 15) is 13.6 Å². The molecule has 0 saturated heterocycles. The van der Waals surface area contributed by atoms with Crippen molar-refractivity contribution in [1.82, 2.24) is 19.9 Å². The number of carbonyl (C=O) groups is 1. The molecular formula is C24H25F2N5O2. The van der Waals surface area contributed by atoms with Gasteiger partial charge in [-0.05, 0) is 24.7 Å². The summed E-state index contributed by atoms with van der Waals surface area (Å²) in [6.45, 7) is 0.579. The second-order valence-corrected chi connectivity index (χ2v) is 7.83. The van der Waals surface area contributed by atoms with E-state index >= 15 is 0 Å². The summed E-state index contributed by atoms with van der Waals surface area (Å²) in [7, 11) is 3.00. The topological polar surface area (TPSA) is 83.1 Å². The SMILES string of the molecule is COC(=O)c1ccc2c(c1)[nH]c1nc(Cc3ccccc3)nc(NCCN(C)CC(F)F)c12. The summed E-state index contributed by atoms with van der Waals surface area (Å²) in [5, 5.41) is 4.94. The van der Waals surface area contributed by atoms with Crippen molar-refractivity contribution < 1.29 is 18.3 Å². The lowest BCUT2D eigenvalue weighted by atomic mass is 10.1. The molecule has 0 aliphatic rings. The second-order valence-electron chi connectivity index (χ2n) is 7.83. The van der Waals surface area contributed by atoms with Gasteiger partial charge in [-0.15, -0.1) is 0 Å². The number of aromatic amines is 1. The van der Waals surface area contributed by atoms with Gasteiger partial charge in [-0.1, -0.05) is 36.4 Å². The van der Waals surface area contributed by atoms with E-state index in [1.807, 2.05) is 36.4 Å². The number of nitrogens with one attached hydrogen (secondary N) is 2. The Kier molecular flexibility index (Phi) is 6.79. The molecule has 0 aliphatic heterocycles. The molecular weight excluding hydrogens is 428 g/mol. The largest absolute Gasteiger partial charge is 0.465 e. The Balaban J connectivity index is 1.71. The maximum Gasteiger partial charge on any atom is 0.337 e. The Hall–Kier alpha value is -3.59. The molecule has 0 spiro atoms. The number of alkyl halides is 2. The van der Waals surface area contributed by atoms with Crippen LogP contribution in [0.2, 0.25) is 0 Å². The van der Waals surface area contributed by atoms with Gasteiger partial charge in [-0.3, -0.25) is 4.90 Å². The third-order valence-corrected chi connectivity index (χ3v) is 5.36. The molecule has 0 atom stereocenters. The number of H-pyrrole nitrogens is 1. The van der Waals surface area contributed by atoms with Gasteiger partial charge in [0, 0.05) is 30.4 Å². The van der Waals surface area contributed by atoms with E-state index < -0.39 is 12.4 Å². The van der Waals surface area contributed by atoms with Crippen LogP contribution in [0.5, 0.6) is 0 Å². The number of esters is 1. The fraction of sp³-hybridized carbons (Fsp3) is 0.292. The highest BCUT2D eigenvalue weighted by atomic mass is 19.3. The first kappa shape index (κ1) is 22.6. The lowest BCUT2D eigenvalue weighted by Crippen LogP contribution is -2.29. The molecule has 0 amide bonds. The van der Waals surface area contributed by atoms with Crippen LogP contribution >= 0.6 is 0 Å². The second kappa shape index (κ2) is 9.91. The molecule has 0 fully saturated rings. The number of anilines is 1. The monoisotopic (exact) mass is 453 g/mol. The summed E-state index contributed by atoms with van der Waals surface area (Å²) in [5.41, 5.74) is 2.87. The first-order chi connectivity index (χ1) is 15.9. The van der Waals surface area contributed by atoms with Crippen LogP contribution in [0.15, 0.2) is 48.5 Å². The Bertz CT molecular complexity index is 1260. The van der Waals surface area contributed by atoms with Gasteiger partial charge in [0.25, 0.3) is 6.43 Å². The Labute approximate surface area is 189 Å². The molecule has 9 heteroatoms. The van der Waals surface area contributed by atoms with E-state index in [-0.39, 0.29) is 6.54 Å². The van der Waals surface area contributed by atoms with Crippen LogP contribution in [-0.4, -0.2) is 66.0 Å². The third-order valence-electron chi connectivity index (χ3n) is 5.36. The van der Waals surface area contributed by atoms with E-state index in [1.54, 1.807) is 24.1 Å². The van der Waals surface area contributed by atoms with E-state index in [0.29, 0.717) is 42.4 Å². The van der Waals surface area contributed by atoms with Gasteiger partial charge in [-0.2, -0.15) is 0 Å². The number of nitrogens with zero attached hydrogens (tertiary/aromatic N) is 3. The smallest absolute Gasteiger partial charge is 0.337 e. The summed E-state index contributed by atoms with van der Waals surface area (Å²) in [6, 6.07) is 15.1. The number of halogens is 2. The highest BCUT2D eigenvalue weighted by Crippen LogP contribution is 2.30. The molecule has 0 aliphatic carbocycles. The molecule has 0 unspecified atom stereocenters. The van der Waals surface area contributed by atoms with Gasteiger partial charge in [-0.25, -0.2) is 23.5 Å². The first-order valence-corrected chi connectivity index (χ1v) is 10.6. The van der Waals surface area contributed by atoms with Crippen LogP contribution in [0.25, 0.3) is 21.9 Å². The standard InChI is InChI=1S/C24H25F2N5O2/c1-31(14-19(25)26)11-10-27-22-21-17-9-8-16(24(32)33-2)13-18(17)28-23(21)30-20(29-22)12-15-6-4-3-5-7-15/h3-9,13,19H,10-12,14H2,1-2H3,(H2,27,28,29,30). The van der Waals surface area contributed by atoms with E-state index in [0.717, 1.165) is 21.9 Å².